The number of amides is 1. The maximum absolute atomic E-state index is 12.2. The predicted molar refractivity (Wildman–Crippen MR) is 109 cm³/mol. The van der Waals surface area contributed by atoms with E-state index in [0.29, 0.717) is 10.1 Å². The van der Waals surface area contributed by atoms with Crippen molar-refractivity contribution in [3.05, 3.63) is 81.7 Å². The molecule has 122 valence electrons. The standard InChI is InChI=1S/C20H13BrN2OS/c21-15-10-8-13(9-11-15)12-18-19(24)23-20(25-18)22-17-7-3-5-14-4-1-2-6-16(14)17/h1-12H,(H,22,23,24)/b18-12-. The van der Waals surface area contributed by atoms with E-state index in [0.717, 1.165) is 26.5 Å². The fraction of sp³-hybridized carbons (Fsp3) is 0. The smallest absolute Gasteiger partial charge is 0.264 e. The van der Waals surface area contributed by atoms with Crippen molar-refractivity contribution in [3.63, 3.8) is 0 Å². The first kappa shape index (κ1) is 16.1. The molecule has 0 spiro atoms. The summed E-state index contributed by atoms with van der Waals surface area (Å²) in [5, 5.41) is 5.64. The highest BCUT2D eigenvalue weighted by molar-refractivity contribution is 9.10. The zero-order valence-electron chi connectivity index (χ0n) is 13.1. The number of nitrogens with one attached hydrogen (secondary N) is 1. The van der Waals surface area contributed by atoms with Gasteiger partial charge in [0, 0.05) is 9.86 Å². The van der Waals surface area contributed by atoms with Crippen LogP contribution in [0.4, 0.5) is 5.69 Å². The first-order chi connectivity index (χ1) is 12.2. The number of rotatable bonds is 2. The van der Waals surface area contributed by atoms with Crippen LogP contribution in [0.5, 0.6) is 0 Å². The van der Waals surface area contributed by atoms with Crippen LogP contribution >= 0.6 is 27.7 Å². The number of thioether (sulfide) groups is 1. The quantitative estimate of drug-likeness (QED) is 0.569. The Hall–Kier alpha value is -2.37. The summed E-state index contributed by atoms with van der Waals surface area (Å²) < 4.78 is 1.01. The Bertz CT molecular complexity index is 1020. The van der Waals surface area contributed by atoms with Gasteiger partial charge in [0.15, 0.2) is 5.17 Å². The minimum absolute atomic E-state index is 0.119. The maximum atomic E-state index is 12.2. The summed E-state index contributed by atoms with van der Waals surface area (Å²) >= 11 is 4.77. The average Bonchev–Trinajstić information content (AvgIpc) is 2.96. The molecule has 1 N–H and O–H groups in total. The molecule has 1 amide bonds. The Labute approximate surface area is 158 Å². The van der Waals surface area contributed by atoms with Crippen molar-refractivity contribution < 1.29 is 4.79 Å². The van der Waals surface area contributed by atoms with Crippen LogP contribution in [0.15, 0.2) is 81.1 Å². The summed E-state index contributed by atoms with van der Waals surface area (Å²) in [5.74, 6) is -0.119. The van der Waals surface area contributed by atoms with Gasteiger partial charge < -0.3 is 5.32 Å². The number of amidine groups is 1. The van der Waals surface area contributed by atoms with E-state index in [4.69, 9.17) is 0 Å². The van der Waals surface area contributed by atoms with Gasteiger partial charge >= 0.3 is 0 Å². The zero-order chi connectivity index (χ0) is 17.2. The molecule has 0 saturated carbocycles. The third-order valence-electron chi connectivity index (χ3n) is 3.81. The summed E-state index contributed by atoms with van der Waals surface area (Å²) in [5.41, 5.74) is 1.83. The number of carbonyl (C=O) groups excluding carboxylic acids is 1. The summed E-state index contributed by atoms with van der Waals surface area (Å²) in [6.07, 6.45) is 1.87. The molecular formula is C20H13BrN2OS. The van der Waals surface area contributed by atoms with Crippen LogP contribution in [0.3, 0.4) is 0 Å². The molecule has 0 bridgehead atoms. The lowest BCUT2D eigenvalue weighted by Crippen LogP contribution is -2.19. The van der Waals surface area contributed by atoms with E-state index in [1.54, 1.807) is 0 Å². The van der Waals surface area contributed by atoms with Crippen LogP contribution in [0, 0.1) is 0 Å². The SMILES string of the molecule is O=C1NC(=Nc2cccc3ccccc23)S/C1=C\c1ccc(Br)cc1. The Kier molecular flexibility index (Phi) is 4.42. The summed E-state index contributed by atoms with van der Waals surface area (Å²) in [4.78, 5) is 17.5. The highest BCUT2D eigenvalue weighted by Crippen LogP contribution is 2.31. The minimum atomic E-state index is -0.119. The van der Waals surface area contributed by atoms with E-state index in [1.165, 1.54) is 11.8 Å². The fourth-order valence-electron chi connectivity index (χ4n) is 2.61. The number of fused-ring (bicyclic) bond motifs is 1. The van der Waals surface area contributed by atoms with Gasteiger partial charge in [0.25, 0.3) is 5.91 Å². The Morgan fingerprint density at radius 1 is 0.960 bits per heavy atom. The molecule has 1 aliphatic heterocycles. The van der Waals surface area contributed by atoms with E-state index in [1.807, 2.05) is 60.7 Å². The average molecular weight is 409 g/mol. The normalized spacial score (nSPS) is 17.4. The molecule has 0 radical (unpaired) electrons. The van der Waals surface area contributed by atoms with Gasteiger partial charge in [-0.3, -0.25) is 4.79 Å². The van der Waals surface area contributed by atoms with Crippen molar-refractivity contribution in [1.29, 1.82) is 0 Å². The number of nitrogens with zero attached hydrogens (tertiary/aromatic N) is 1. The number of aliphatic imine (C=N–C) groups is 1. The zero-order valence-corrected chi connectivity index (χ0v) is 15.5. The lowest BCUT2D eigenvalue weighted by Gasteiger charge is -2.02. The number of halogens is 1. The largest absolute Gasteiger partial charge is 0.300 e. The minimum Gasteiger partial charge on any atom is -0.300 e. The molecule has 1 saturated heterocycles. The van der Waals surface area contributed by atoms with E-state index < -0.39 is 0 Å². The van der Waals surface area contributed by atoms with Crippen LogP contribution < -0.4 is 5.32 Å². The van der Waals surface area contributed by atoms with Crippen molar-refractivity contribution in [2.24, 2.45) is 4.99 Å². The van der Waals surface area contributed by atoms with Crippen LogP contribution in [0.2, 0.25) is 0 Å². The fourth-order valence-corrected chi connectivity index (χ4v) is 3.71. The second kappa shape index (κ2) is 6.86. The number of benzene rings is 3. The Morgan fingerprint density at radius 2 is 1.72 bits per heavy atom. The van der Waals surface area contributed by atoms with Crippen LogP contribution in [0.1, 0.15) is 5.56 Å². The van der Waals surface area contributed by atoms with Crippen LogP contribution in [-0.2, 0) is 4.79 Å². The second-order valence-corrected chi connectivity index (χ2v) is 7.48. The van der Waals surface area contributed by atoms with Crippen molar-refractivity contribution >= 4 is 61.3 Å². The first-order valence-corrected chi connectivity index (χ1v) is 9.33. The van der Waals surface area contributed by atoms with Crippen LogP contribution in [-0.4, -0.2) is 11.1 Å². The van der Waals surface area contributed by atoms with E-state index in [-0.39, 0.29) is 5.91 Å². The molecule has 0 aliphatic carbocycles. The lowest BCUT2D eigenvalue weighted by atomic mass is 10.1. The third-order valence-corrected chi connectivity index (χ3v) is 5.25. The molecule has 5 heteroatoms. The molecule has 0 aromatic heterocycles. The highest BCUT2D eigenvalue weighted by atomic mass is 79.9. The van der Waals surface area contributed by atoms with Gasteiger partial charge in [-0.05, 0) is 47.0 Å². The summed E-state index contributed by atoms with van der Waals surface area (Å²) in [6.45, 7) is 0. The first-order valence-electron chi connectivity index (χ1n) is 7.72. The number of hydrogen-bond donors (Lipinski definition) is 1. The second-order valence-electron chi connectivity index (χ2n) is 5.53. The molecule has 3 aromatic rings. The van der Waals surface area contributed by atoms with Crippen LogP contribution in [0.25, 0.3) is 16.8 Å². The van der Waals surface area contributed by atoms with Gasteiger partial charge in [0.2, 0.25) is 0 Å². The molecule has 1 fully saturated rings. The predicted octanol–water partition coefficient (Wildman–Crippen LogP) is 5.49. The van der Waals surface area contributed by atoms with Crippen molar-refractivity contribution in [3.8, 4) is 0 Å². The molecule has 3 aromatic carbocycles. The van der Waals surface area contributed by atoms with Crippen molar-refractivity contribution in [2.75, 3.05) is 0 Å². The molecule has 0 atom stereocenters. The van der Waals surface area contributed by atoms with E-state index in [9.17, 15) is 4.79 Å². The topological polar surface area (TPSA) is 41.5 Å². The number of carbonyl (C=O) groups is 1. The van der Waals surface area contributed by atoms with Gasteiger partial charge in [-0.1, -0.05) is 64.5 Å². The van der Waals surface area contributed by atoms with Gasteiger partial charge in [-0.25, -0.2) is 4.99 Å². The molecule has 25 heavy (non-hydrogen) atoms. The van der Waals surface area contributed by atoms with Crippen molar-refractivity contribution in [1.82, 2.24) is 5.32 Å². The van der Waals surface area contributed by atoms with E-state index >= 15 is 0 Å². The molecule has 1 heterocycles. The van der Waals surface area contributed by atoms with Crippen molar-refractivity contribution in [2.45, 2.75) is 0 Å². The summed E-state index contributed by atoms with van der Waals surface area (Å²) in [6, 6.07) is 21.9. The monoisotopic (exact) mass is 408 g/mol. The Morgan fingerprint density at radius 3 is 2.56 bits per heavy atom. The lowest BCUT2D eigenvalue weighted by molar-refractivity contribution is -0.115. The highest BCUT2D eigenvalue weighted by Gasteiger charge is 2.23. The summed E-state index contributed by atoms with van der Waals surface area (Å²) in [7, 11) is 0. The number of hydrogen-bond acceptors (Lipinski definition) is 3. The van der Waals surface area contributed by atoms with Gasteiger partial charge in [-0.15, -0.1) is 0 Å². The maximum Gasteiger partial charge on any atom is 0.264 e. The molecular weight excluding hydrogens is 396 g/mol. The molecule has 4 rings (SSSR count). The molecule has 3 nitrogen and oxygen atoms in total. The Balaban J connectivity index is 1.65. The molecule has 1 aliphatic rings. The van der Waals surface area contributed by atoms with E-state index in [2.05, 4.69) is 38.4 Å². The van der Waals surface area contributed by atoms with Gasteiger partial charge in [-0.2, -0.15) is 0 Å². The van der Waals surface area contributed by atoms with Gasteiger partial charge in [0.05, 0.1) is 10.6 Å². The van der Waals surface area contributed by atoms with Gasteiger partial charge in [0.1, 0.15) is 0 Å². The molecule has 0 unspecified atom stereocenters. The third kappa shape index (κ3) is 3.52.